The summed E-state index contributed by atoms with van der Waals surface area (Å²) < 4.78 is 44.7. The summed E-state index contributed by atoms with van der Waals surface area (Å²) in [6.45, 7) is 5.74. The molecule has 0 bridgehead atoms. The average Bonchev–Trinajstić information content (AvgIpc) is 2.82. The Morgan fingerprint density at radius 2 is 1.68 bits per heavy atom. The van der Waals surface area contributed by atoms with Crippen molar-refractivity contribution in [2.24, 2.45) is 0 Å². The molecule has 3 aromatic carbocycles. The van der Waals surface area contributed by atoms with Crippen LogP contribution in [0, 0.1) is 13.8 Å². The third-order valence-electron chi connectivity index (χ3n) is 6.01. The van der Waals surface area contributed by atoms with Crippen molar-refractivity contribution < 1.29 is 32.6 Å². The van der Waals surface area contributed by atoms with Crippen LogP contribution in [0.25, 0.3) is 0 Å². The number of aryl methyl sites for hydroxylation is 4. The Morgan fingerprint density at radius 1 is 0.919 bits per heavy atom. The molecule has 1 amide bonds. The molecule has 3 rings (SSSR count). The minimum atomic E-state index is -4.45. The first-order valence-electron chi connectivity index (χ1n) is 12.0. The number of hydrogen-bond acceptors (Lipinski definition) is 3. The van der Waals surface area contributed by atoms with E-state index in [9.17, 15) is 22.8 Å². The largest absolute Gasteiger partial charge is 0.481 e. The highest BCUT2D eigenvalue weighted by Crippen LogP contribution is 2.30. The summed E-state index contributed by atoms with van der Waals surface area (Å²) in [7, 11) is 0. The second-order valence-corrected chi connectivity index (χ2v) is 8.97. The number of alkyl halides is 3. The average molecular weight is 514 g/mol. The van der Waals surface area contributed by atoms with Gasteiger partial charge in [-0.15, -0.1) is 0 Å². The molecule has 0 atom stereocenters. The molecule has 0 saturated heterocycles. The number of carboxylic acid groups (broad SMARTS) is 1. The first kappa shape index (κ1) is 27.8. The maximum Gasteiger partial charge on any atom is 0.416 e. The Balaban J connectivity index is 1.64. The number of benzene rings is 3. The highest BCUT2D eigenvalue weighted by atomic mass is 19.4. The van der Waals surface area contributed by atoms with E-state index in [1.165, 1.54) is 13.0 Å². The molecule has 37 heavy (non-hydrogen) atoms. The quantitative estimate of drug-likeness (QED) is 0.318. The highest BCUT2D eigenvalue weighted by molar-refractivity contribution is 5.95. The van der Waals surface area contributed by atoms with Crippen molar-refractivity contribution in [3.05, 3.63) is 93.5 Å². The number of hydrogen-bond donors (Lipinski definition) is 2. The molecule has 0 aromatic heterocycles. The van der Waals surface area contributed by atoms with E-state index in [4.69, 9.17) is 9.84 Å². The third kappa shape index (κ3) is 7.84. The monoisotopic (exact) mass is 513 g/mol. The first-order chi connectivity index (χ1) is 17.5. The van der Waals surface area contributed by atoms with Gasteiger partial charge in [0.2, 0.25) is 0 Å². The molecule has 0 spiro atoms. The van der Waals surface area contributed by atoms with Crippen molar-refractivity contribution in [2.45, 2.75) is 52.6 Å². The molecule has 0 heterocycles. The molecule has 0 aliphatic heterocycles. The predicted molar refractivity (Wildman–Crippen MR) is 135 cm³/mol. The topological polar surface area (TPSA) is 75.6 Å². The van der Waals surface area contributed by atoms with Crippen molar-refractivity contribution in [3.8, 4) is 11.5 Å². The molecule has 0 aliphatic rings. The summed E-state index contributed by atoms with van der Waals surface area (Å²) >= 11 is 0. The lowest BCUT2D eigenvalue weighted by Crippen LogP contribution is -2.26. The molecule has 5 nitrogen and oxygen atoms in total. The second kappa shape index (κ2) is 12.0. The zero-order chi connectivity index (χ0) is 27.2. The normalized spacial score (nSPS) is 11.3. The standard InChI is InChI=1S/C29H30F3NO4/c1-4-21-17-24(8-5-22(21)6-10-27(34)35)37-25-14-18(2)13-20(16-25)11-12-33-28(36)26-9-7-23(15-19(26)3)29(30,31)32/h5,7-9,13-17H,4,6,10-12H2,1-3H3,(H,33,36)(H,34,35). The van der Waals surface area contributed by atoms with E-state index >= 15 is 0 Å². The molecule has 0 radical (unpaired) electrons. The van der Waals surface area contributed by atoms with Crippen LogP contribution in [0.3, 0.4) is 0 Å². The van der Waals surface area contributed by atoms with Crippen LogP contribution in [0.15, 0.2) is 54.6 Å². The number of carbonyl (C=O) groups is 2. The summed E-state index contributed by atoms with van der Waals surface area (Å²) in [5.74, 6) is 0.0320. The van der Waals surface area contributed by atoms with Gasteiger partial charge in [-0.1, -0.05) is 19.1 Å². The molecule has 0 fully saturated rings. The van der Waals surface area contributed by atoms with Crippen molar-refractivity contribution >= 4 is 11.9 Å². The fourth-order valence-electron chi connectivity index (χ4n) is 4.15. The fourth-order valence-corrected chi connectivity index (χ4v) is 4.15. The number of halogens is 3. The number of nitrogens with one attached hydrogen (secondary N) is 1. The smallest absolute Gasteiger partial charge is 0.416 e. The minimum absolute atomic E-state index is 0.0728. The third-order valence-corrected chi connectivity index (χ3v) is 6.01. The van der Waals surface area contributed by atoms with E-state index < -0.39 is 23.6 Å². The number of amides is 1. The zero-order valence-electron chi connectivity index (χ0n) is 21.0. The van der Waals surface area contributed by atoms with Gasteiger partial charge in [0.25, 0.3) is 5.91 Å². The van der Waals surface area contributed by atoms with E-state index in [2.05, 4.69) is 5.32 Å². The second-order valence-electron chi connectivity index (χ2n) is 8.97. The van der Waals surface area contributed by atoms with Gasteiger partial charge in [-0.2, -0.15) is 13.2 Å². The molecule has 0 saturated carbocycles. The van der Waals surface area contributed by atoms with Crippen molar-refractivity contribution in [3.63, 3.8) is 0 Å². The maximum absolute atomic E-state index is 12.9. The van der Waals surface area contributed by atoms with Crippen LogP contribution in [0.1, 0.15) is 57.1 Å². The lowest BCUT2D eigenvalue weighted by molar-refractivity contribution is -0.138. The van der Waals surface area contributed by atoms with E-state index in [0.717, 1.165) is 40.8 Å². The van der Waals surface area contributed by atoms with Crippen molar-refractivity contribution in [1.82, 2.24) is 5.32 Å². The van der Waals surface area contributed by atoms with Gasteiger partial charge < -0.3 is 15.2 Å². The summed E-state index contributed by atoms with van der Waals surface area (Å²) in [5.41, 5.74) is 3.63. The van der Waals surface area contributed by atoms with Gasteiger partial charge >= 0.3 is 12.1 Å². The van der Waals surface area contributed by atoms with Crippen LogP contribution in [-0.2, 0) is 30.2 Å². The lowest BCUT2D eigenvalue weighted by atomic mass is 10.0. The SMILES string of the molecule is CCc1cc(Oc2cc(C)cc(CCNC(=O)c3ccc(C(F)(F)F)cc3C)c2)ccc1CCC(=O)O. The van der Waals surface area contributed by atoms with Crippen LogP contribution in [-0.4, -0.2) is 23.5 Å². The van der Waals surface area contributed by atoms with E-state index in [1.54, 1.807) is 0 Å². The Labute approximate surface area is 214 Å². The van der Waals surface area contributed by atoms with Crippen LogP contribution in [0.5, 0.6) is 11.5 Å². The Bertz CT molecular complexity index is 1280. The Hall–Kier alpha value is -3.81. The van der Waals surface area contributed by atoms with Crippen LogP contribution in [0.2, 0.25) is 0 Å². The van der Waals surface area contributed by atoms with E-state index in [-0.39, 0.29) is 17.5 Å². The number of carbonyl (C=O) groups excluding carboxylic acids is 1. The summed E-state index contributed by atoms with van der Waals surface area (Å²) in [4.78, 5) is 23.4. The molecule has 8 heteroatoms. The molecule has 2 N–H and O–H groups in total. The molecule has 0 unspecified atom stereocenters. The lowest BCUT2D eigenvalue weighted by Gasteiger charge is -2.13. The summed E-state index contributed by atoms with van der Waals surface area (Å²) in [6.07, 6.45) is -2.65. The Morgan fingerprint density at radius 3 is 2.32 bits per heavy atom. The molecular weight excluding hydrogens is 483 g/mol. The van der Waals surface area contributed by atoms with Gasteiger partial charge in [0, 0.05) is 18.5 Å². The minimum Gasteiger partial charge on any atom is -0.481 e. The van der Waals surface area contributed by atoms with Gasteiger partial charge in [-0.05, 0) is 103 Å². The molecule has 196 valence electrons. The molecular formula is C29H30F3NO4. The highest BCUT2D eigenvalue weighted by Gasteiger charge is 2.31. The van der Waals surface area contributed by atoms with Gasteiger partial charge in [-0.25, -0.2) is 0 Å². The molecule has 0 aliphatic carbocycles. The van der Waals surface area contributed by atoms with E-state index in [0.29, 0.717) is 30.9 Å². The Kier molecular flexibility index (Phi) is 8.97. The van der Waals surface area contributed by atoms with Gasteiger partial charge in [0.05, 0.1) is 5.56 Å². The van der Waals surface area contributed by atoms with Gasteiger partial charge in [0.15, 0.2) is 0 Å². The fraction of sp³-hybridized carbons (Fsp3) is 0.310. The zero-order valence-corrected chi connectivity index (χ0v) is 21.0. The van der Waals surface area contributed by atoms with Gasteiger partial charge in [-0.3, -0.25) is 9.59 Å². The van der Waals surface area contributed by atoms with E-state index in [1.807, 2.05) is 50.2 Å². The molecule has 3 aromatic rings. The van der Waals surface area contributed by atoms with Crippen molar-refractivity contribution in [1.29, 1.82) is 0 Å². The van der Waals surface area contributed by atoms with Crippen LogP contribution in [0.4, 0.5) is 13.2 Å². The predicted octanol–water partition coefficient (Wildman–Crippen LogP) is 6.67. The van der Waals surface area contributed by atoms with Crippen LogP contribution >= 0.6 is 0 Å². The van der Waals surface area contributed by atoms with Gasteiger partial charge in [0.1, 0.15) is 11.5 Å². The summed E-state index contributed by atoms with van der Waals surface area (Å²) in [6, 6.07) is 14.5. The maximum atomic E-state index is 12.9. The number of rotatable bonds is 10. The number of carboxylic acids is 1. The first-order valence-corrected chi connectivity index (χ1v) is 12.0. The van der Waals surface area contributed by atoms with Crippen molar-refractivity contribution in [2.75, 3.05) is 6.54 Å². The summed E-state index contributed by atoms with van der Waals surface area (Å²) in [5, 5.41) is 11.7. The number of aliphatic carboxylic acids is 1. The van der Waals surface area contributed by atoms with Crippen LogP contribution < -0.4 is 10.1 Å². The number of ether oxygens (including phenoxy) is 1.